The number of carbonyl (C=O) groups excluding carboxylic acids is 1. The van der Waals surface area contributed by atoms with Gasteiger partial charge in [-0.05, 0) is 6.07 Å². The lowest BCUT2D eigenvalue weighted by molar-refractivity contribution is -0.385. The number of hydrogen-bond donors (Lipinski definition) is 1. The molecule has 1 unspecified atom stereocenters. The van der Waals surface area contributed by atoms with Crippen molar-refractivity contribution in [1.82, 2.24) is 0 Å². The first kappa shape index (κ1) is 15.2. The molecule has 0 aliphatic rings. The fourth-order valence-electron chi connectivity index (χ4n) is 1.38. The van der Waals surface area contributed by atoms with Gasteiger partial charge >= 0.3 is 6.18 Å². The van der Waals surface area contributed by atoms with Gasteiger partial charge in [0, 0.05) is 18.1 Å². The van der Waals surface area contributed by atoms with E-state index >= 15 is 0 Å². The summed E-state index contributed by atoms with van der Waals surface area (Å²) in [4.78, 5) is 20.5. The first-order valence-corrected chi connectivity index (χ1v) is 5.34. The summed E-state index contributed by atoms with van der Waals surface area (Å²) in [6.45, 7) is 0. The monoisotopic (exact) mass is 296 g/mol. The zero-order valence-electron chi connectivity index (χ0n) is 9.28. The standard InChI is InChI=1S/C10H8ClF3N2O3/c11-7(9(15)17)3-5-1-2-6(10(12,13)14)4-8(5)16(18)19/h1-2,4,7H,3H2,(H2,15,17). The van der Waals surface area contributed by atoms with Gasteiger partial charge in [-0.3, -0.25) is 14.9 Å². The van der Waals surface area contributed by atoms with E-state index < -0.39 is 33.6 Å². The minimum Gasteiger partial charge on any atom is -0.368 e. The van der Waals surface area contributed by atoms with Crippen molar-refractivity contribution in [3.8, 4) is 0 Å². The molecule has 0 radical (unpaired) electrons. The molecule has 0 aliphatic heterocycles. The Labute approximate surface area is 110 Å². The highest BCUT2D eigenvalue weighted by atomic mass is 35.5. The third-order valence-electron chi connectivity index (χ3n) is 2.32. The SMILES string of the molecule is NC(=O)C(Cl)Cc1ccc(C(F)(F)F)cc1[N+](=O)[O-]. The fourth-order valence-corrected chi connectivity index (χ4v) is 1.54. The van der Waals surface area contributed by atoms with Crippen LogP contribution in [0.25, 0.3) is 0 Å². The van der Waals surface area contributed by atoms with E-state index in [4.69, 9.17) is 17.3 Å². The number of nitro groups is 1. The lowest BCUT2D eigenvalue weighted by Gasteiger charge is -2.10. The first-order valence-electron chi connectivity index (χ1n) is 4.91. The maximum Gasteiger partial charge on any atom is 0.416 e. The van der Waals surface area contributed by atoms with Crippen LogP contribution in [-0.2, 0) is 17.4 Å². The number of hydrogen-bond acceptors (Lipinski definition) is 3. The number of primary amides is 1. The van der Waals surface area contributed by atoms with Gasteiger partial charge in [0.2, 0.25) is 5.91 Å². The van der Waals surface area contributed by atoms with Gasteiger partial charge in [0.25, 0.3) is 5.69 Å². The second-order valence-corrected chi connectivity index (χ2v) is 4.20. The molecule has 0 bridgehead atoms. The average Bonchev–Trinajstić information content (AvgIpc) is 2.27. The summed E-state index contributed by atoms with van der Waals surface area (Å²) in [7, 11) is 0. The molecule has 0 spiro atoms. The van der Waals surface area contributed by atoms with Crippen molar-refractivity contribution in [3.05, 3.63) is 39.4 Å². The summed E-state index contributed by atoms with van der Waals surface area (Å²) in [6, 6.07) is 2.01. The van der Waals surface area contributed by atoms with Crippen molar-refractivity contribution >= 4 is 23.2 Å². The summed E-state index contributed by atoms with van der Waals surface area (Å²) >= 11 is 5.54. The van der Waals surface area contributed by atoms with Crippen molar-refractivity contribution in [2.75, 3.05) is 0 Å². The van der Waals surface area contributed by atoms with Crippen LogP contribution < -0.4 is 5.73 Å². The molecule has 9 heteroatoms. The normalized spacial score (nSPS) is 13.1. The van der Waals surface area contributed by atoms with Crippen LogP contribution in [0.15, 0.2) is 18.2 Å². The Hall–Kier alpha value is -1.83. The van der Waals surface area contributed by atoms with E-state index in [-0.39, 0.29) is 12.0 Å². The summed E-state index contributed by atoms with van der Waals surface area (Å²) in [5.74, 6) is -0.907. The Bertz CT molecular complexity index is 519. The number of nitrogens with zero attached hydrogens (tertiary/aromatic N) is 1. The van der Waals surface area contributed by atoms with Gasteiger partial charge in [-0.2, -0.15) is 13.2 Å². The number of rotatable bonds is 4. The molecule has 2 N–H and O–H groups in total. The number of halogens is 4. The minimum absolute atomic E-state index is 0.0863. The quantitative estimate of drug-likeness (QED) is 0.525. The third-order valence-corrected chi connectivity index (χ3v) is 2.69. The van der Waals surface area contributed by atoms with Gasteiger partial charge < -0.3 is 5.73 Å². The largest absolute Gasteiger partial charge is 0.416 e. The number of alkyl halides is 4. The number of carbonyl (C=O) groups is 1. The molecule has 5 nitrogen and oxygen atoms in total. The van der Waals surface area contributed by atoms with E-state index in [1.807, 2.05) is 0 Å². The molecule has 1 amide bonds. The smallest absolute Gasteiger partial charge is 0.368 e. The molecule has 104 valence electrons. The van der Waals surface area contributed by atoms with Crippen LogP contribution in [0.4, 0.5) is 18.9 Å². The zero-order valence-corrected chi connectivity index (χ0v) is 10.0. The average molecular weight is 297 g/mol. The van der Waals surface area contributed by atoms with Gasteiger partial charge in [0.15, 0.2) is 0 Å². The predicted octanol–water partition coefficient (Wildman–Crippen LogP) is 2.25. The number of nitrogens with two attached hydrogens (primary N) is 1. The minimum atomic E-state index is -4.69. The maximum absolute atomic E-state index is 12.4. The van der Waals surface area contributed by atoms with Crippen LogP contribution in [0.3, 0.4) is 0 Å². The molecular weight excluding hydrogens is 289 g/mol. The molecule has 0 heterocycles. The zero-order chi connectivity index (χ0) is 14.8. The Balaban J connectivity index is 3.19. The summed E-state index contributed by atoms with van der Waals surface area (Å²) < 4.78 is 37.3. The van der Waals surface area contributed by atoms with E-state index in [2.05, 4.69) is 0 Å². The third kappa shape index (κ3) is 3.82. The lowest BCUT2D eigenvalue weighted by Crippen LogP contribution is -2.25. The van der Waals surface area contributed by atoms with Crippen molar-refractivity contribution in [3.63, 3.8) is 0 Å². The van der Waals surface area contributed by atoms with E-state index in [1.165, 1.54) is 0 Å². The highest BCUT2D eigenvalue weighted by molar-refractivity contribution is 6.30. The van der Waals surface area contributed by atoms with Gasteiger partial charge in [-0.15, -0.1) is 11.6 Å². The van der Waals surface area contributed by atoms with Crippen LogP contribution in [0.2, 0.25) is 0 Å². The molecule has 0 aromatic heterocycles. The van der Waals surface area contributed by atoms with Crippen molar-refractivity contribution in [1.29, 1.82) is 0 Å². The van der Waals surface area contributed by atoms with Crippen LogP contribution in [0.5, 0.6) is 0 Å². The van der Waals surface area contributed by atoms with E-state index in [0.29, 0.717) is 12.1 Å². The van der Waals surface area contributed by atoms with Crippen LogP contribution >= 0.6 is 11.6 Å². The Kier molecular flexibility index (Phi) is 4.35. The molecule has 1 atom stereocenters. The number of amides is 1. The topological polar surface area (TPSA) is 86.2 Å². The van der Waals surface area contributed by atoms with Crippen molar-refractivity contribution in [2.45, 2.75) is 18.0 Å². The van der Waals surface area contributed by atoms with Gasteiger partial charge in [-0.25, -0.2) is 0 Å². The summed E-state index contributed by atoms with van der Waals surface area (Å²) in [6.07, 6.45) is -5.00. The van der Waals surface area contributed by atoms with Crippen LogP contribution in [-0.4, -0.2) is 16.2 Å². The number of nitro benzene ring substituents is 1. The molecule has 0 fully saturated rings. The maximum atomic E-state index is 12.4. The second kappa shape index (κ2) is 5.43. The van der Waals surface area contributed by atoms with Gasteiger partial charge in [0.05, 0.1) is 10.5 Å². The summed E-state index contributed by atoms with van der Waals surface area (Å²) in [5, 5.41) is 9.50. The van der Waals surface area contributed by atoms with E-state index in [1.54, 1.807) is 0 Å². The Morgan fingerprint density at radius 3 is 2.47 bits per heavy atom. The molecular formula is C10H8ClF3N2O3. The fraction of sp³-hybridized carbons (Fsp3) is 0.300. The number of benzene rings is 1. The second-order valence-electron chi connectivity index (χ2n) is 3.67. The molecule has 0 saturated carbocycles. The predicted molar refractivity (Wildman–Crippen MR) is 60.6 cm³/mol. The Morgan fingerprint density at radius 2 is 2.05 bits per heavy atom. The molecule has 0 aliphatic carbocycles. The Morgan fingerprint density at radius 1 is 1.47 bits per heavy atom. The highest BCUT2D eigenvalue weighted by Gasteiger charge is 2.33. The van der Waals surface area contributed by atoms with Crippen LogP contribution in [0.1, 0.15) is 11.1 Å². The van der Waals surface area contributed by atoms with Crippen LogP contribution in [0, 0.1) is 10.1 Å². The summed E-state index contributed by atoms with van der Waals surface area (Å²) in [5.41, 5.74) is 2.91. The molecule has 1 aromatic carbocycles. The molecule has 1 aromatic rings. The van der Waals surface area contributed by atoms with Gasteiger partial charge in [0.1, 0.15) is 5.38 Å². The van der Waals surface area contributed by atoms with E-state index in [0.717, 1.165) is 6.07 Å². The molecule has 1 rings (SSSR count). The highest BCUT2D eigenvalue weighted by Crippen LogP contribution is 2.33. The van der Waals surface area contributed by atoms with E-state index in [9.17, 15) is 28.1 Å². The molecule has 19 heavy (non-hydrogen) atoms. The lowest BCUT2D eigenvalue weighted by atomic mass is 10.0. The first-order chi connectivity index (χ1) is 8.62. The van der Waals surface area contributed by atoms with Crippen molar-refractivity contribution < 1.29 is 22.9 Å². The van der Waals surface area contributed by atoms with Crippen molar-refractivity contribution in [2.24, 2.45) is 5.73 Å². The molecule has 0 saturated heterocycles. The van der Waals surface area contributed by atoms with Gasteiger partial charge in [-0.1, -0.05) is 6.07 Å².